The van der Waals surface area contributed by atoms with Crippen LogP contribution in [-0.4, -0.2) is 0 Å². The molecule has 0 atom stereocenters. The van der Waals surface area contributed by atoms with E-state index >= 15 is 0 Å². The molecule has 0 amide bonds. The third kappa shape index (κ3) is 5.86. The van der Waals surface area contributed by atoms with Crippen LogP contribution in [0.1, 0.15) is 22.3 Å². The van der Waals surface area contributed by atoms with Crippen LogP contribution in [0.25, 0.3) is 65.7 Å². The van der Waals surface area contributed by atoms with Crippen molar-refractivity contribution in [2.45, 2.75) is 5.41 Å². The minimum absolute atomic E-state index is 0.600. The number of fused-ring (bicyclic) bond motifs is 15. The molecule has 12 aromatic rings. The van der Waals surface area contributed by atoms with Crippen molar-refractivity contribution in [2.24, 2.45) is 0 Å². The summed E-state index contributed by atoms with van der Waals surface area (Å²) in [5.74, 6) is 0. The monoisotopic (exact) mass is 876 g/mol. The Morgan fingerprint density at radius 2 is 0.725 bits per heavy atom. The van der Waals surface area contributed by atoms with Crippen molar-refractivity contribution in [3.05, 3.63) is 289 Å². The summed E-state index contributed by atoms with van der Waals surface area (Å²) in [5.41, 5.74) is 18.6. The highest BCUT2D eigenvalue weighted by atomic mass is 15.2. The molecular weight excluding hydrogens is 833 g/mol. The Bertz CT molecular complexity index is 3880. The maximum absolute atomic E-state index is 2.51. The molecule has 0 unspecified atom stereocenters. The first-order valence-corrected chi connectivity index (χ1v) is 23.9. The molecule has 1 aliphatic heterocycles. The molecule has 12 aromatic carbocycles. The van der Waals surface area contributed by atoms with Crippen LogP contribution in [0.5, 0.6) is 0 Å². The van der Waals surface area contributed by atoms with Crippen LogP contribution in [0.2, 0.25) is 0 Å². The highest BCUT2D eigenvalue weighted by Gasteiger charge is 2.51. The lowest BCUT2D eigenvalue weighted by atomic mass is 9.64. The fourth-order valence-corrected chi connectivity index (χ4v) is 11.9. The maximum atomic E-state index is 2.51. The van der Waals surface area contributed by atoms with Crippen molar-refractivity contribution in [3.8, 4) is 33.4 Å². The van der Waals surface area contributed by atoms with Gasteiger partial charge in [0.1, 0.15) is 0 Å². The highest BCUT2D eigenvalue weighted by molar-refractivity contribution is 6.26. The Hall–Kier alpha value is -8.98. The molecule has 1 heterocycles. The third-order valence-electron chi connectivity index (χ3n) is 14.8. The normalized spacial score (nSPS) is 13.0. The van der Waals surface area contributed by atoms with Crippen molar-refractivity contribution in [1.82, 2.24) is 0 Å². The van der Waals surface area contributed by atoms with Crippen molar-refractivity contribution in [1.29, 1.82) is 0 Å². The molecule has 0 radical (unpaired) electrons. The second kappa shape index (κ2) is 15.6. The van der Waals surface area contributed by atoms with Crippen molar-refractivity contribution in [3.63, 3.8) is 0 Å². The molecule has 2 nitrogen and oxygen atoms in total. The van der Waals surface area contributed by atoms with Crippen molar-refractivity contribution >= 4 is 66.4 Å². The number of nitrogens with zero attached hydrogens (tertiary/aromatic N) is 2. The van der Waals surface area contributed by atoms with Gasteiger partial charge in [0, 0.05) is 22.6 Å². The topological polar surface area (TPSA) is 6.48 Å². The standard InChI is InChI=1S/C67H44N2/c1-3-19-45(20-4-1)46-35-37-47(38-36-46)51-23-12-16-32-64(51)68(49-39-41-56-54-26-8-7-24-52(54)53-25-9-10-27-55(53)59(56)43-49)50-40-42-58-57-28-11-13-29-60(57)67(63(58)44-50)61-30-14-17-33-65(61)69(48-21-5-2-6-22-48)66-34-18-15-31-62(66)67/h1-44H. The minimum atomic E-state index is -0.600. The van der Waals surface area contributed by atoms with Gasteiger partial charge in [0.25, 0.3) is 0 Å². The van der Waals surface area contributed by atoms with Crippen LogP contribution in [0.3, 0.4) is 0 Å². The first-order valence-electron chi connectivity index (χ1n) is 23.9. The van der Waals surface area contributed by atoms with E-state index < -0.39 is 5.41 Å². The molecule has 0 N–H and O–H groups in total. The number of benzene rings is 12. The summed E-state index contributed by atoms with van der Waals surface area (Å²) in [6.45, 7) is 0. The first kappa shape index (κ1) is 39.2. The zero-order valence-corrected chi connectivity index (χ0v) is 37.8. The smallest absolute Gasteiger partial charge is 0.0755 e. The maximum Gasteiger partial charge on any atom is 0.0755 e. The van der Waals surface area contributed by atoms with E-state index in [1.807, 2.05) is 0 Å². The van der Waals surface area contributed by atoms with Gasteiger partial charge in [0.15, 0.2) is 0 Å². The number of hydrogen-bond acceptors (Lipinski definition) is 2. The number of anilines is 6. The molecule has 1 aliphatic carbocycles. The second-order valence-electron chi connectivity index (χ2n) is 18.3. The summed E-state index contributed by atoms with van der Waals surface area (Å²) < 4.78 is 0. The van der Waals surface area contributed by atoms with Crippen molar-refractivity contribution in [2.75, 3.05) is 9.80 Å². The van der Waals surface area contributed by atoms with Gasteiger partial charge in [-0.15, -0.1) is 0 Å². The zero-order chi connectivity index (χ0) is 45.5. The summed E-state index contributed by atoms with van der Waals surface area (Å²) in [4.78, 5) is 4.97. The lowest BCUT2D eigenvalue weighted by molar-refractivity contribution is 0.752. The molecule has 69 heavy (non-hydrogen) atoms. The summed E-state index contributed by atoms with van der Waals surface area (Å²) in [6, 6.07) is 98.8. The summed E-state index contributed by atoms with van der Waals surface area (Å²) in [7, 11) is 0. The number of hydrogen-bond donors (Lipinski definition) is 0. The third-order valence-corrected chi connectivity index (χ3v) is 14.8. The van der Waals surface area contributed by atoms with Crippen LogP contribution in [0, 0.1) is 0 Å². The largest absolute Gasteiger partial charge is 0.310 e. The summed E-state index contributed by atoms with van der Waals surface area (Å²) in [5, 5.41) is 7.54. The van der Waals surface area contributed by atoms with E-state index in [0.29, 0.717) is 0 Å². The summed E-state index contributed by atoms with van der Waals surface area (Å²) >= 11 is 0. The van der Waals surface area contributed by atoms with E-state index in [9.17, 15) is 0 Å². The Balaban J connectivity index is 1.04. The summed E-state index contributed by atoms with van der Waals surface area (Å²) in [6.07, 6.45) is 0. The lowest BCUT2D eigenvalue weighted by Gasteiger charge is -2.45. The molecule has 0 fully saturated rings. The number of para-hydroxylation sites is 4. The Morgan fingerprint density at radius 3 is 1.39 bits per heavy atom. The number of rotatable bonds is 6. The highest BCUT2D eigenvalue weighted by Crippen LogP contribution is 2.64. The van der Waals surface area contributed by atoms with Gasteiger partial charge in [-0.05, 0) is 137 Å². The van der Waals surface area contributed by atoms with Gasteiger partial charge in [0.2, 0.25) is 0 Å². The molecule has 1 spiro atoms. The van der Waals surface area contributed by atoms with Gasteiger partial charge in [0.05, 0.1) is 22.5 Å². The zero-order valence-electron chi connectivity index (χ0n) is 37.8. The van der Waals surface area contributed by atoms with Gasteiger partial charge in [-0.1, -0.05) is 212 Å². The Morgan fingerprint density at radius 1 is 0.275 bits per heavy atom. The first-order chi connectivity index (χ1) is 34.3. The van der Waals surface area contributed by atoms with Crippen LogP contribution in [0.4, 0.5) is 34.1 Å². The minimum Gasteiger partial charge on any atom is -0.310 e. The van der Waals surface area contributed by atoms with Crippen LogP contribution < -0.4 is 9.80 Å². The van der Waals surface area contributed by atoms with E-state index in [1.54, 1.807) is 0 Å². The van der Waals surface area contributed by atoms with Crippen LogP contribution >= 0.6 is 0 Å². The predicted molar refractivity (Wildman–Crippen MR) is 290 cm³/mol. The van der Waals surface area contributed by atoms with Gasteiger partial charge in [-0.25, -0.2) is 0 Å². The van der Waals surface area contributed by atoms with Gasteiger partial charge in [-0.3, -0.25) is 0 Å². The Labute approximate surface area is 402 Å². The fourth-order valence-electron chi connectivity index (χ4n) is 11.9. The second-order valence-corrected chi connectivity index (χ2v) is 18.3. The van der Waals surface area contributed by atoms with E-state index in [-0.39, 0.29) is 0 Å². The van der Waals surface area contributed by atoms with E-state index in [2.05, 4.69) is 277 Å². The van der Waals surface area contributed by atoms with Crippen LogP contribution in [0.15, 0.2) is 267 Å². The average Bonchev–Trinajstić information content (AvgIpc) is 3.71. The SMILES string of the molecule is c1ccc(-c2ccc(-c3ccccc3N(c3ccc4c(c3)C3(c5ccccc5-4)c4ccccc4N(c4ccccc4)c4ccccc43)c3ccc4c5ccccc5c5ccccc5c4c3)cc2)cc1. The van der Waals surface area contributed by atoms with E-state index in [4.69, 9.17) is 0 Å². The van der Waals surface area contributed by atoms with E-state index in [1.165, 1.54) is 88.2 Å². The molecular formula is C67H44N2. The molecule has 0 saturated carbocycles. The van der Waals surface area contributed by atoms with Gasteiger partial charge < -0.3 is 9.80 Å². The predicted octanol–water partition coefficient (Wildman–Crippen LogP) is 18.1. The molecule has 14 rings (SSSR count). The molecule has 0 bridgehead atoms. The fraction of sp³-hybridized carbons (Fsp3) is 0.0149. The quantitative estimate of drug-likeness (QED) is 0.154. The lowest BCUT2D eigenvalue weighted by Crippen LogP contribution is -2.36. The van der Waals surface area contributed by atoms with Gasteiger partial charge >= 0.3 is 0 Å². The molecule has 2 heteroatoms. The molecule has 2 aliphatic rings. The molecule has 322 valence electrons. The average molecular weight is 877 g/mol. The molecule has 0 saturated heterocycles. The van der Waals surface area contributed by atoms with Gasteiger partial charge in [-0.2, -0.15) is 0 Å². The Kier molecular flexibility index (Phi) is 8.84. The van der Waals surface area contributed by atoms with Crippen molar-refractivity contribution < 1.29 is 0 Å². The molecule has 0 aromatic heterocycles. The van der Waals surface area contributed by atoms with Crippen LogP contribution in [-0.2, 0) is 5.41 Å². The van der Waals surface area contributed by atoms with E-state index in [0.717, 1.165) is 33.9 Å².